The molecule has 0 aliphatic rings. The number of aliphatic hydroxyl groups is 1. The van der Waals surface area contributed by atoms with Gasteiger partial charge < -0.3 is 19.5 Å². The minimum absolute atomic E-state index is 0.274. The fourth-order valence-electron chi connectivity index (χ4n) is 1.72. The first-order valence-electron chi connectivity index (χ1n) is 6.92. The number of benzene rings is 1. The monoisotopic (exact) mass is 267 g/mol. The van der Waals surface area contributed by atoms with Crippen LogP contribution in [0.2, 0.25) is 0 Å². The summed E-state index contributed by atoms with van der Waals surface area (Å²) in [6, 6.07) is 7.56. The molecule has 0 amide bonds. The first-order chi connectivity index (χ1) is 9.17. The molecule has 19 heavy (non-hydrogen) atoms. The molecule has 1 aromatic rings. The van der Waals surface area contributed by atoms with E-state index in [1.807, 2.05) is 24.3 Å². The lowest BCUT2D eigenvalue weighted by Crippen LogP contribution is -2.28. The summed E-state index contributed by atoms with van der Waals surface area (Å²) in [6.07, 6.45) is -0.483. The van der Waals surface area contributed by atoms with Gasteiger partial charge in [0.15, 0.2) is 11.5 Å². The van der Waals surface area contributed by atoms with E-state index in [1.54, 1.807) is 6.92 Å². The lowest BCUT2D eigenvalue weighted by molar-refractivity contribution is 0.119. The number of rotatable bonds is 9. The number of hydrogen-bond acceptors (Lipinski definition) is 4. The van der Waals surface area contributed by atoms with Gasteiger partial charge in [-0.1, -0.05) is 26.0 Å². The van der Waals surface area contributed by atoms with Crippen molar-refractivity contribution in [3.8, 4) is 11.5 Å². The summed E-state index contributed by atoms with van der Waals surface area (Å²) in [4.78, 5) is 2.30. The second-order valence-electron chi connectivity index (χ2n) is 4.48. The quantitative estimate of drug-likeness (QED) is 0.744. The van der Waals surface area contributed by atoms with Crippen molar-refractivity contribution >= 4 is 0 Å². The third kappa shape index (κ3) is 5.94. The standard InChI is InChI=1S/C15H25NO3/c1-4-16(5-2)10-11-18-14-8-6-7-9-15(14)19-12-13(3)17/h6-9,13,17H,4-5,10-12H2,1-3H3/t13-/m0/s1. The minimum Gasteiger partial charge on any atom is -0.488 e. The first-order valence-corrected chi connectivity index (χ1v) is 6.92. The molecule has 0 aromatic heterocycles. The molecule has 0 heterocycles. The Morgan fingerprint density at radius 3 is 2.21 bits per heavy atom. The Morgan fingerprint density at radius 2 is 1.68 bits per heavy atom. The van der Waals surface area contributed by atoms with E-state index < -0.39 is 6.10 Å². The van der Waals surface area contributed by atoms with Crippen molar-refractivity contribution in [2.45, 2.75) is 26.9 Å². The smallest absolute Gasteiger partial charge is 0.161 e. The zero-order valence-corrected chi connectivity index (χ0v) is 12.1. The van der Waals surface area contributed by atoms with Gasteiger partial charge in [0.1, 0.15) is 13.2 Å². The molecule has 0 radical (unpaired) electrons. The number of nitrogens with zero attached hydrogens (tertiary/aromatic N) is 1. The van der Waals surface area contributed by atoms with Gasteiger partial charge in [0.2, 0.25) is 0 Å². The zero-order valence-electron chi connectivity index (χ0n) is 12.1. The fourth-order valence-corrected chi connectivity index (χ4v) is 1.72. The average Bonchev–Trinajstić information content (AvgIpc) is 2.42. The van der Waals surface area contributed by atoms with E-state index in [4.69, 9.17) is 9.47 Å². The summed E-state index contributed by atoms with van der Waals surface area (Å²) >= 11 is 0. The predicted molar refractivity (Wildman–Crippen MR) is 76.9 cm³/mol. The van der Waals surface area contributed by atoms with E-state index in [0.717, 1.165) is 25.4 Å². The molecule has 0 fully saturated rings. The molecule has 1 atom stereocenters. The van der Waals surface area contributed by atoms with Gasteiger partial charge in [-0.25, -0.2) is 0 Å². The minimum atomic E-state index is -0.483. The Morgan fingerprint density at radius 1 is 1.11 bits per heavy atom. The second kappa shape index (κ2) is 8.77. The highest BCUT2D eigenvalue weighted by molar-refractivity contribution is 5.39. The van der Waals surface area contributed by atoms with Crippen molar-refractivity contribution in [2.24, 2.45) is 0 Å². The molecule has 0 saturated carbocycles. The lowest BCUT2D eigenvalue weighted by atomic mass is 10.3. The number of ether oxygens (including phenoxy) is 2. The number of likely N-dealkylation sites (N-methyl/N-ethyl adjacent to an activating group) is 1. The number of aliphatic hydroxyl groups excluding tert-OH is 1. The van der Waals surface area contributed by atoms with Crippen LogP contribution in [0.4, 0.5) is 0 Å². The molecule has 1 rings (SSSR count). The van der Waals surface area contributed by atoms with Gasteiger partial charge in [0, 0.05) is 6.54 Å². The molecule has 0 unspecified atom stereocenters. The maximum atomic E-state index is 9.24. The summed E-state index contributed by atoms with van der Waals surface area (Å²) in [5.74, 6) is 1.42. The largest absolute Gasteiger partial charge is 0.488 e. The summed E-state index contributed by atoms with van der Waals surface area (Å²) < 4.78 is 11.3. The van der Waals surface area contributed by atoms with Crippen LogP contribution in [0.1, 0.15) is 20.8 Å². The molecule has 0 spiro atoms. The highest BCUT2D eigenvalue weighted by Gasteiger charge is 2.06. The van der Waals surface area contributed by atoms with Crippen molar-refractivity contribution in [1.29, 1.82) is 0 Å². The van der Waals surface area contributed by atoms with Crippen molar-refractivity contribution in [2.75, 3.05) is 32.8 Å². The van der Waals surface area contributed by atoms with Crippen molar-refractivity contribution in [3.63, 3.8) is 0 Å². The highest BCUT2D eigenvalue weighted by atomic mass is 16.5. The van der Waals surface area contributed by atoms with Crippen LogP contribution in [0.5, 0.6) is 11.5 Å². The zero-order chi connectivity index (χ0) is 14.1. The van der Waals surface area contributed by atoms with Crippen molar-refractivity contribution in [1.82, 2.24) is 4.90 Å². The lowest BCUT2D eigenvalue weighted by Gasteiger charge is -2.19. The van der Waals surface area contributed by atoms with E-state index in [2.05, 4.69) is 18.7 Å². The Hall–Kier alpha value is -1.26. The summed E-state index contributed by atoms with van der Waals surface area (Å²) in [7, 11) is 0. The van der Waals surface area contributed by atoms with Crippen molar-refractivity contribution < 1.29 is 14.6 Å². The van der Waals surface area contributed by atoms with Gasteiger partial charge in [0.25, 0.3) is 0 Å². The topological polar surface area (TPSA) is 41.9 Å². The molecule has 1 N–H and O–H groups in total. The van der Waals surface area contributed by atoms with E-state index in [9.17, 15) is 5.11 Å². The van der Waals surface area contributed by atoms with E-state index >= 15 is 0 Å². The van der Waals surface area contributed by atoms with Crippen LogP contribution in [0, 0.1) is 0 Å². The third-order valence-corrected chi connectivity index (χ3v) is 2.89. The summed E-state index contributed by atoms with van der Waals surface area (Å²) in [5, 5.41) is 9.24. The molecule has 108 valence electrons. The second-order valence-corrected chi connectivity index (χ2v) is 4.48. The Kier molecular flexibility index (Phi) is 7.30. The molecule has 0 aliphatic carbocycles. The molecular formula is C15H25NO3. The summed E-state index contributed by atoms with van der Waals surface area (Å²) in [6.45, 7) is 9.85. The van der Waals surface area contributed by atoms with Crippen LogP contribution in [-0.4, -0.2) is 49.0 Å². The van der Waals surface area contributed by atoms with Crippen LogP contribution in [0.3, 0.4) is 0 Å². The Bertz CT molecular complexity index is 351. The Labute approximate surface area is 115 Å². The van der Waals surface area contributed by atoms with E-state index in [-0.39, 0.29) is 6.61 Å². The molecule has 0 saturated heterocycles. The van der Waals surface area contributed by atoms with Gasteiger partial charge >= 0.3 is 0 Å². The van der Waals surface area contributed by atoms with Gasteiger partial charge in [-0.05, 0) is 32.1 Å². The maximum absolute atomic E-state index is 9.24. The molecule has 0 bridgehead atoms. The maximum Gasteiger partial charge on any atom is 0.161 e. The molecule has 0 aliphatic heterocycles. The van der Waals surface area contributed by atoms with Crippen LogP contribution in [0.15, 0.2) is 24.3 Å². The van der Waals surface area contributed by atoms with Gasteiger partial charge in [-0.3, -0.25) is 0 Å². The first kappa shape index (κ1) is 15.8. The fraction of sp³-hybridized carbons (Fsp3) is 0.600. The number of para-hydroxylation sites is 2. The average molecular weight is 267 g/mol. The number of hydrogen-bond donors (Lipinski definition) is 1. The SMILES string of the molecule is CCN(CC)CCOc1ccccc1OC[C@H](C)O. The van der Waals surface area contributed by atoms with Crippen LogP contribution < -0.4 is 9.47 Å². The van der Waals surface area contributed by atoms with E-state index in [1.165, 1.54) is 0 Å². The molecular weight excluding hydrogens is 242 g/mol. The van der Waals surface area contributed by atoms with Crippen LogP contribution in [0.25, 0.3) is 0 Å². The predicted octanol–water partition coefficient (Wildman–Crippen LogP) is 2.17. The van der Waals surface area contributed by atoms with E-state index in [0.29, 0.717) is 12.4 Å². The normalized spacial score (nSPS) is 12.5. The third-order valence-electron chi connectivity index (χ3n) is 2.89. The molecule has 1 aromatic carbocycles. The van der Waals surface area contributed by atoms with Gasteiger partial charge in [-0.2, -0.15) is 0 Å². The van der Waals surface area contributed by atoms with Crippen LogP contribution in [-0.2, 0) is 0 Å². The van der Waals surface area contributed by atoms with Gasteiger partial charge in [0.05, 0.1) is 6.10 Å². The van der Waals surface area contributed by atoms with Crippen molar-refractivity contribution in [3.05, 3.63) is 24.3 Å². The highest BCUT2D eigenvalue weighted by Crippen LogP contribution is 2.26. The Balaban J connectivity index is 2.48. The van der Waals surface area contributed by atoms with Crippen LogP contribution >= 0.6 is 0 Å². The molecule has 4 heteroatoms. The summed E-state index contributed by atoms with van der Waals surface area (Å²) in [5.41, 5.74) is 0. The van der Waals surface area contributed by atoms with Gasteiger partial charge in [-0.15, -0.1) is 0 Å². The molecule has 4 nitrogen and oxygen atoms in total.